The van der Waals surface area contributed by atoms with Crippen molar-refractivity contribution in [3.8, 4) is 0 Å². The van der Waals surface area contributed by atoms with E-state index >= 15 is 0 Å². The van der Waals surface area contributed by atoms with Crippen molar-refractivity contribution in [2.45, 2.75) is 31.8 Å². The quantitative estimate of drug-likeness (QED) is 0.805. The number of nitrogens with zero attached hydrogens (tertiary/aromatic N) is 3. The van der Waals surface area contributed by atoms with Crippen molar-refractivity contribution in [1.29, 1.82) is 0 Å². The highest BCUT2D eigenvalue weighted by Crippen LogP contribution is 2.16. The zero-order chi connectivity index (χ0) is 17.9. The lowest BCUT2D eigenvalue weighted by molar-refractivity contribution is -0.133. The number of hydrogen-bond donors (Lipinski definition) is 0. The van der Waals surface area contributed by atoms with Crippen LogP contribution in [-0.4, -0.2) is 65.7 Å². The number of fused-ring (bicyclic) bond motifs is 1. The van der Waals surface area contributed by atoms with Crippen LogP contribution in [0, 0.1) is 0 Å². The first-order chi connectivity index (χ1) is 12.7. The number of para-hydroxylation sites is 2. The van der Waals surface area contributed by atoms with Crippen molar-refractivity contribution >= 4 is 17.0 Å². The molecule has 2 aromatic rings. The van der Waals surface area contributed by atoms with Crippen molar-refractivity contribution in [3.63, 3.8) is 0 Å². The first-order valence-corrected chi connectivity index (χ1v) is 9.40. The van der Waals surface area contributed by atoms with E-state index in [2.05, 4.69) is 4.90 Å². The number of carbonyl (C=O) groups is 1. The van der Waals surface area contributed by atoms with Crippen LogP contribution in [0.1, 0.15) is 19.3 Å². The number of ether oxygens (including phenoxy) is 1. The third-order valence-corrected chi connectivity index (χ3v) is 5.40. The molecule has 1 aromatic heterocycles. The number of morpholine rings is 1. The van der Waals surface area contributed by atoms with Crippen molar-refractivity contribution in [1.82, 2.24) is 14.4 Å². The smallest absolute Gasteiger partial charge is 0.408 e. The van der Waals surface area contributed by atoms with Gasteiger partial charge in [-0.25, -0.2) is 4.79 Å². The van der Waals surface area contributed by atoms with Crippen LogP contribution < -0.4 is 5.76 Å². The van der Waals surface area contributed by atoms with E-state index in [-0.39, 0.29) is 17.7 Å². The Kier molecular flexibility index (Phi) is 5.08. The van der Waals surface area contributed by atoms with Gasteiger partial charge in [0.1, 0.15) is 0 Å². The van der Waals surface area contributed by atoms with Crippen LogP contribution in [0.3, 0.4) is 0 Å². The number of rotatable bonds is 5. The molecular weight excluding hydrogens is 334 g/mol. The minimum absolute atomic E-state index is 0.0747. The van der Waals surface area contributed by atoms with E-state index < -0.39 is 0 Å². The van der Waals surface area contributed by atoms with Gasteiger partial charge in [0.15, 0.2) is 5.58 Å². The second-order valence-corrected chi connectivity index (χ2v) is 7.04. The van der Waals surface area contributed by atoms with Crippen LogP contribution in [-0.2, 0) is 16.1 Å². The first kappa shape index (κ1) is 17.3. The van der Waals surface area contributed by atoms with Gasteiger partial charge in [0, 0.05) is 45.2 Å². The van der Waals surface area contributed by atoms with Gasteiger partial charge >= 0.3 is 5.76 Å². The third kappa shape index (κ3) is 3.54. The van der Waals surface area contributed by atoms with Crippen LogP contribution in [0.5, 0.6) is 0 Å². The summed E-state index contributed by atoms with van der Waals surface area (Å²) in [5, 5.41) is 0. The summed E-state index contributed by atoms with van der Waals surface area (Å²) >= 11 is 0. The highest BCUT2D eigenvalue weighted by atomic mass is 16.5. The molecule has 1 amide bonds. The lowest BCUT2D eigenvalue weighted by atomic mass is 10.1. The molecule has 140 valence electrons. The highest BCUT2D eigenvalue weighted by Gasteiger charge is 2.28. The van der Waals surface area contributed by atoms with Crippen molar-refractivity contribution in [2.75, 3.05) is 39.4 Å². The number of amides is 1. The van der Waals surface area contributed by atoms with Gasteiger partial charge in [-0.15, -0.1) is 0 Å². The lowest BCUT2D eigenvalue weighted by Gasteiger charge is -2.36. The van der Waals surface area contributed by atoms with Gasteiger partial charge < -0.3 is 14.1 Å². The normalized spacial score (nSPS) is 21.5. The Labute approximate surface area is 152 Å². The average Bonchev–Trinajstić information content (AvgIpc) is 3.29. The molecule has 2 saturated heterocycles. The van der Waals surface area contributed by atoms with Gasteiger partial charge in [0.2, 0.25) is 5.91 Å². The molecule has 0 aliphatic carbocycles. The topological polar surface area (TPSA) is 67.9 Å². The Morgan fingerprint density at radius 3 is 2.77 bits per heavy atom. The van der Waals surface area contributed by atoms with Gasteiger partial charge in [0.25, 0.3) is 0 Å². The summed E-state index contributed by atoms with van der Waals surface area (Å²) in [6, 6.07) is 7.54. The fraction of sp³-hybridized carbons (Fsp3) is 0.579. The van der Waals surface area contributed by atoms with Crippen LogP contribution in [0.2, 0.25) is 0 Å². The highest BCUT2D eigenvalue weighted by molar-refractivity contribution is 5.77. The fourth-order valence-electron chi connectivity index (χ4n) is 3.92. The number of hydrogen-bond acceptors (Lipinski definition) is 5. The molecule has 1 unspecified atom stereocenters. The molecule has 0 spiro atoms. The molecule has 0 saturated carbocycles. The summed E-state index contributed by atoms with van der Waals surface area (Å²) in [5.41, 5.74) is 1.43. The summed E-state index contributed by atoms with van der Waals surface area (Å²) in [7, 11) is 0. The number of carbonyl (C=O) groups excluding carboxylic acids is 1. The van der Waals surface area contributed by atoms with E-state index in [1.807, 2.05) is 23.1 Å². The molecule has 0 radical (unpaired) electrons. The van der Waals surface area contributed by atoms with Crippen LogP contribution in [0.25, 0.3) is 11.1 Å². The van der Waals surface area contributed by atoms with Crippen LogP contribution in [0.4, 0.5) is 0 Å². The monoisotopic (exact) mass is 359 g/mol. The molecule has 2 aliphatic rings. The minimum atomic E-state index is -0.329. The van der Waals surface area contributed by atoms with Gasteiger partial charge in [-0.2, -0.15) is 0 Å². The standard InChI is InChI=1S/C19H25N3O4/c23-18(21-7-3-4-8-21)13-15-14-25-12-11-20(15)9-10-22-16-5-1-2-6-17(16)26-19(22)24/h1-2,5-6,15H,3-4,7-14H2. The number of benzene rings is 1. The summed E-state index contributed by atoms with van der Waals surface area (Å²) < 4.78 is 12.6. The number of likely N-dealkylation sites (tertiary alicyclic amines) is 1. The SMILES string of the molecule is O=C(CC1COCCN1CCn1c(=O)oc2ccccc21)N1CCCC1. The van der Waals surface area contributed by atoms with Gasteiger partial charge in [0.05, 0.1) is 18.7 Å². The molecule has 0 bridgehead atoms. The Morgan fingerprint density at radius 1 is 1.12 bits per heavy atom. The largest absolute Gasteiger partial charge is 0.419 e. The molecule has 1 atom stereocenters. The summed E-state index contributed by atoms with van der Waals surface area (Å²) in [4.78, 5) is 28.9. The lowest BCUT2D eigenvalue weighted by Crippen LogP contribution is -2.49. The average molecular weight is 359 g/mol. The van der Waals surface area contributed by atoms with E-state index in [4.69, 9.17) is 9.15 Å². The summed E-state index contributed by atoms with van der Waals surface area (Å²) in [5.74, 6) is -0.113. The van der Waals surface area contributed by atoms with Gasteiger partial charge in [-0.3, -0.25) is 14.3 Å². The molecule has 26 heavy (non-hydrogen) atoms. The number of oxazole rings is 1. The predicted octanol–water partition coefficient (Wildman–Crippen LogP) is 1.31. The Morgan fingerprint density at radius 2 is 1.92 bits per heavy atom. The minimum Gasteiger partial charge on any atom is -0.408 e. The molecule has 2 aliphatic heterocycles. The van der Waals surface area contributed by atoms with Crippen LogP contribution in [0.15, 0.2) is 33.5 Å². The molecule has 4 rings (SSSR count). The van der Waals surface area contributed by atoms with Crippen LogP contribution >= 0.6 is 0 Å². The number of aromatic nitrogens is 1. The van der Waals surface area contributed by atoms with Crippen molar-refractivity contribution < 1.29 is 13.9 Å². The maximum absolute atomic E-state index is 12.5. The van der Waals surface area contributed by atoms with E-state index in [1.54, 1.807) is 10.6 Å². The molecule has 2 fully saturated rings. The predicted molar refractivity (Wildman–Crippen MR) is 97.1 cm³/mol. The summed E-state index contributed by atoms with van der Waals surface area (Å²) in [6.07, 6.45) is 2.70. The van der Waals surface area contributed by atoms with Crippen molar-refractivity contribution in [2.24, 2.45) is 0 Å². The Bertz CT molecular complexity index is 822. The Balaban J connectivity index is 1.42. The molecule has 7 nitrogen and oxygen atoms in total. The molecule has 7 heteroatoms. The summed E-state index contributed by atoms with van der Waals surface area (Å²) in [6.45, 7) is 5.01. The molecule has 3 heterocycles. The molecule has 1 aromatic carbocycles. The maximum atomic E-state index is 12.5. The molecule has 0 N–H and O–H groups in total. The zero-order valence-electron chi connectivity index (χ0n) is 14.9. The maximum Gasteiger partial charge on any atom is 0.419 e. The van der Waals surface area contributed by atoms with E-state index in [9.17, 15) is 9.59 Å². The third-order valence-electron chi connectivity index (χ3n) is 5.40. The van der Waals surface area contributed by atoms with E-state index in [0.29, 0.717) is 38.3 Å². The molecular formula is C19H25N3O4. The van der Waals surface area contributed by atoms with Gasteiger partial charge in [-0.05, 0) is 25.0 Å². The fourth-order valence-corrected chi connectivity index (χ4v) is 3.92. The second kappa shape index (κ2) is 7.63. The first-order valence-electron chi connectivity index (χ1n) is 9.40. The second-order valence-electron chi connectivity index (χ2n) is 7.04. The Hall–Kier alpha value is -2.12. The van der Waals surface area contributed by atoms with Gasteiger partial charge in [-0.1, -0.05) is 12.1 Å². The van der Waals surface area contributed by atoms with E-state index in [1.165, 1.54) is 0 Å². The van der Waals surface area contributed by atoms with Crippen molar-refractivity contribution in [3.05, 3.63) is 34.8 Å². The van der Waals surface area contributed by atoms with E-state index in [0.717, 1.165) is 38.0 Å². The zero-order valence-corrected chi connectivity index (χ0v) is 14.9.